The fourth-order valence-corrected chi connectivity index (χ4v) is 1.40. The van der Waals surface area contributed by atoms with Crippen LogP contribution in [0.4, 0.5) is 0 Å². The van der Waals surface area contributed by atoms with Crippen LogP contribution in [-0.2, 0) is 14.1 Å². The van der Waals surface area contributed by atoms with E-state index in [0.29, 0.717) is 0 Å². The largest absolute Gasteiger partial charge is 0.302 e. The molecule has 0 unspecified atom stereocenters. The minimum absolute atomic E-state index is 0.0424. The molecule has 16 heavy (non-hydrogen) atoms. The number of carbonyl (C=O) groups is 1. The molecule has 84 valence electrons. The van der Waals surface area contributed by atoms with Crippen molar-refractivity contribution in [3.05, 3.63) is 44.2 Å². The van der Waals surface area contributed by atoms with Crippen molar-refractivity contribution in [2.75, 3.05) is 0 Å². The van der Waals surface area contributed by atoms with Gasteiger partial charge in [-0.2, -0.15) is 0 Å². The highest BCUT2D eigenvalue weighted by Gasteiger charge is 2.19. The molecule has 7 heteroatoms. The average molecular weight is 222 g/mol. The SMILES string of the molecule is Cn1[nH]cc(C(=O)c2c[nH]n(C)c2=O)c1=O. The van der Waals surface area contributed by atoms with Crippen LogP contribution >= 0.6 is 0 Å². The fraction of sp³-hybridized carbons (Fsp3) is 0.222. The summed E-state index contributed by atoms with van der Waals surface area (Å²) in [7, 11) is 2.99. The minimum atomic E-state index is -0.580. The van der Waals surface area contributed by atoms with Gasteiger partial charge in [0.15, 0.2) is 0 Å². The van der Waals surface area contributed by atoms with Gasteiger partial charge < -0.3 is 10.2 Å². The molecule has 0 bridgehead atoms. The van der Waals surface area contributed by atoms with E-state index in [9.17, 15) is 14.4 Å². The highest BCUT2D eigenvalue weighted by Crippen LogP contribution is 1.99. The van der Waals surface area contributed by atoms with Crippen LogP contribution in [0.25, 0.3) is 0 Å². The van der Waals surface area contributed by atoms with Gasteiger partial charge in [0.2, 0.25) is 5.78 Å². The summed E-state index contributed by atoms with van der Waals surface area (Å²) in [6.07, 6.45) is 2.58. The Labute approximate surface area is 89.3 Å². The normalized spacial score (nSPS) is 10.6. The molecule has 0 spiro atoms. The van der Waals surface area contributed by atoms with Crippen molar-refractivity contribution in [3.8, 4) is 0 Å². The first kappa shape index (κ1) is 10.2. The van der Waals surface area contributed by atoms with Gasteiger partial charge in [-0.05, 0) is 0 Å². The molecular weight excluding hydrogens is 212 g/mol. The van der Waals surface area contributed by atoms with Crippen LogP contribution in [0.15, 0.2) is 22.0 Å². The molecule has 2 aromatic rings. The molecule has 0 fully saturated rings. The van der Waals surface area contributed by atoms with Crippen LogP contribution in [0.2, 0.25) is 0 Å². The Morgan fingerprint density at radius 2 is 1.38 bits per heavy atom. The molecule has 0 aliphatic carbocycles. The summed E-state index contributed by atoms with van der Waals surface area (Å²) in [6, 6.07) is 0. The maximum Gasteiger partial charge on any atom is 0.277 e. The molecule has 2 aromatic heterocycles. The van der Waals surface area contributed by atoms with Crippen molar-refractivity contribution >= 4 is 5.78 Å². The number of carbonyl (C=O) groups excluding carboxylic acids is 1. The zero-order valence-electron chi connectivity index (χ0n) is 8.77. The number of aromatic amines is 2. The van der Waals surface area contributed by atoms with Crippen molar-refractivity contribution in [3.63, 3.8) is 0 Å². The molecule has 2 rings (SSSR count). The van der Waals surface area contributed by atoms with Gasteiger partial charge >= 0.3 is 0 Å². The number of aryl methyl sites for hydroxylation is 2. The van der Waals surface area contributed by atoms with Gasteiger partial charge in [0.1, 0.15) is 11.1 Å². The van der Waals surface area contributed by atoms with E-state index in [1.165, 1.54) is 35.9 Å². The summed E-state index contributed by atoms with van der Waals surface area (Å²) in [5.74, 6) is -0.580. The van der Waals surface area contributed by atoms with Crippen LogP contribution < -0.4 is 11.1 Å². The van der Waals surface area contributed by atoms with E-state index < -0.39 is 16.9 Å². The van der Waals surface area contributed by atoms with Gasteiger partial charge in [0, 0.05) is 26.5 Å². The van der Waals surface area contributed by atoms with E-state index in [1.807, 2.05) is 0 Å². The Morgan fingerprint density at radius 3 is 1.62 bits per heavy atom. The van der Waals surface area contributed by atoms with E-state index in [0.717, 1.165) is 0 Å². The Hall–Kier alpha value is -2.31. The molecule has 0 atom stereocenters. The maximum atomic E-state index is 11.8. The molecule has 7 nitrogen and oxygen atoms in total. The predicted octanol–water partition coefficient (Wildman–Crippen LogP) is -1.03. The standard InChI is InChI=1S/C9H10N4O3/c1-12-8(15)5(3-10-12)7(14)6-4-11-13(2)9(6)16/h3-4,10-11H,1-2H3. The third-order valence-corrected chi connectivity index (χ3v) is 2.36. The summed E-state index contributed by atoms with van der Waals surface area (Å²) in [4.78, 5) is 34.8. The third-order valence-electron chi connectivity index (χ3n) is 2.36. The van der Waals surface area contributed by atoms with E-state index in [2.05, 4.69) is 10.2 Å². The van der Waals surface area contributed by atoms with Crippen molar-refractivity contribution in [2.24, 2.45) is 14.1 Å². The van der Waals surface area contributed by atoms with Crippen molar-refractivity contribution in [1.82, 2.24) is 19.6 Å². The summed E-state index contributed by atoms with van der Waals surface area (Å²) >= 11 is 0. The number of rotatable bonds is 2. The highest BCUT2D eigenvalue weighted by molar-refractivity contribution is 6.08. The van der Waals surface area contributed by atoms with E-state index in [-0.39, 0.29) is 11.1 Å². The number of ketones is 1. The summed E-state index contributed by atoms with van der Waals surface area (Å²) in [6.45, 7) is 0. The average Bonchev–Trinajstić information content (AvgIpc) is 2.74. The Kier molecular flexibility index (Phi) is 2.15. The third kappa shape index (κ3) is 1.33. The quantitative estimate of drug-likeness (QED) is 0.636. The highest BCUT2D eigenvalue weighted by atomic mass is 16.2. The summed E-state index contributed by atoms with van der Waals surface area (Å²) in [5.41, 5.74) is -0.986. The zero-order chi connectivity index (χ0) is 11.9. The molecule has 0 aliphatic heterocycles. The minimum Gasteiger partial charge on any atom is -0.302 e. The number of hydrogen-bond donors (Lipinski definition) is 2. The van der Waals surface area contributed by atoms with E-state index in [4.69, 9.17) is 0 Å². The van der Waals surface area contributed by atoms with E-state index >= 15 is 0 Å². The molecule has 2 heterocycles. The Bertz CT molecular complexity index is 599. The van der Waals surface area contributed by atoms with Gasteiger partial charge in [0.25, 0.3) is 11.1 Å². The van der Waals surface area contributed by atoms with Gasteiger partial charge in [-0.15, -0.1) is 0 Å². The topological polar surface area (TPSA) is 92.7 Å². The second kappa shape index (κ2) is 3.37. The molecule has 0 aromatic carbocycles. The van der Waals surface area contributed by atoms with Crippen LogP contribution in [0.1, 0.15) is 15.9 Å². The first-order valence-electron chi connectivity index (χ1n) is 4.56. The molecular formula is C9H10N4O3. The number of aromatic nitrogens is 4. The predicted molar refractivity (Wildman–Crippen MR) is 55.5 cm³/mol. The van der Waals surface area contributed by atoms with Crippen molar-refractivity contribution < 1.29 is 4.79 Å². The van der Waals surface area contributed by atoms with Crippen LogP contribution in [0.3, 0.4) is 0 Å². The number of H-pyrrole nitrogens is 2. The van der Waals surface area contributed by atoms with Crippen molar-refractivity contribution in [1.29, 1.82) is 0 Å². The lowest BCUT2D eigenvalue weighted by Crippen LogP contribution is -2.24. The maximum absolute atomic E-state index is 11.8. The molecule has 0 saturated carbocycles. The van der Waals surface area contributed by atoms with Crippen LogP contribution in [-0.4, -0.2) is 25.3 Å². The molecule has 0 amide bonds. The lowest BCUT2D eigenvalue weighted by molar-refractivity contribution is 0.103. The van der Waals surface area contributed by atoms with Gasteiger partial charge in [0.05, 0.1) is 0 Å². The molecule has 0 saturated heterocycles. The van der Waals surface area contributed by atoms with Gasteiger partial charge in [-0.3, -0.25) is 23.7 Å². The lowest BCUT2D eigenvalue weighted by Gasteiger charge is -1.89. The van der Waals surface area contributed by atoms with Crippen molar-refractivity contribution in [2.45, 2.75) is 0 Å². The summed E-state index contributed by atoms with van der Waals surface area (Å²) < 4.78 is 2.34. The number of nitrogens with zero attached hydrogens (tertiary/aromatic N) is 2. The van der Waals surface area contributed by atoms with Crippen LogP contribution in [0.5, 0.6) is 0 Å². The van der Waals surface area contributed by atoms with Crippen LogP contribution in [0, 0.1) is 0 Å². The Balaban J connectivity index is 2.56. The Morgan fingerprint density at radius 1 is 1.00 bits per heavy atom. The van der Waals surface area contributed by atoms with Gasteiger partial charge in [-0.25, -0.2) is 0 Å². The first-order valence-corrected chi connectivity index (χ1v) is 4.56. The second-order valence-electron chi connectivity index (χ2n) is 3.43. The van der Waals surface area contributed by atoms with E-state index in [1.54, 1.807) is 0 Å². The second-order valence-corrected chi connectivity index (χ2v) is 3.43. The lowest BCUT2D eigenvalue weighted by atomic mass is 10.1. The van der Waals surface area contributed by atoms with Gasteiger partial charge in [-0.1, -0.05) is 0 Å². The monoisotopic (exact) mass is 222 g/mol. The number of hydrogen-bond acceptors (Lipinski definition) is 3. The first-order chi connectivity index (χ1) is 7.52. The fourth-order valence-electron chi connectivity index (χ4n) is 1.40. The molecule has 0 radical (unpaired) electrons. The smallest absolute Gasteiger partial charge is 0.277 e. The zero-order valence-corrected chi connectivity index (χ0v) is 8.77. The summed E-state index contributed by atoms with van der Waals surface area (Å²) in [5, 5.41) is 5.16. The molecule has 0 aliphatic rings. The molecule has 2 N–H and O–H groups in total. The number of nitrogens with one attached hydrogen (secondary N) is 2.